The van der Waals surface area contributed by atoms with Crippen molar-refractivity contribution in [3.8, 4) is 11.1 Å². The number of alkyl halides is 3. The van der Waals surface area contributed by atoms with Gasteiger partial charge in [0.05, 0.1) is 12.2 Å². The number of hydrogen-bond acceptors (Lipinski definition) is 5. The van der Waals surface area contributed by atoms with Crippen LogP contribution in [-0.4, -0.2) is 33.3 Å². The van der Waals surface area contributed by atoms with E-state index in [1.807, 2.05) is 43.3 Å². The number of aliphatic hydroxyl groups is 1. The molecule has 38 heavy (non-hydrogen) atoms. The first kappa shape index (κ1) is 27.1. The predicted molar refractivity (Wildman–Crippen MR) is 139 cm³/mol. The monoisotopic (exact) mass is 524 g/mol. The van der Waals surface area contributed by atoms with E-state index in [4.69, 9.17) is 4.42 Å². The molecule has 0 amide bonds. The standard InChI is InChI=1S/C29H27F3N2O4/c1-17-20(5-4-6-23(17)21-10-12-25-26(14-21)38-18(2)34-25)8-9-22-13-19(7-11-24(22)29(30,31)32)15-33-28(3,16-35)27(36)37/h4-14,33,35H,15-16H2,1-3H3,(H,36,37)/b9-8+. The summed E-state index contributed by atoms with van der Waals surface area (Å²) in [7, 11) is 0. The zero-order valence-electron chi connectivity index (χ0n) is 21.1. The van der Waals surface area contributed by atoms with Crippen molar-refractivity contribution in [3.63, 3.8) is 0 Å². The van der Waals surface area contributed by atoms with Crippen molar-refractivity contribution in [2.75, 3.05) is 6.61 Å². The summed E-state index contributed by atoms with van der Waals surface area (Å²) < 4.78 is 46.9. The Labute approximate surface area is 217 Å². The van der Waals surface area contributed by atoms with E-state index in [-0.39, 0.29) is 12.1 Å². The fraction of sp³-hybridized carbons (Fsp3) is 0.241. The number of halogens is 3. The Kier molecular flexibility index (Phi) is 7.44. The maximum absolute atomic E-state index is 13.8. The molecule has 4 aromatic rings. The van der Waals surface area contributed by atoms with Crippen LogP contribution >= 0.6 is 0 Å². The minimum absolute atomic E-state index is 0.0412. The van der Waals surface area contributed by atoms with Crippen molar-refractivity contribution in [1.82, 2.24) is 10.3 Å². The van der Waals surface area contributed by atoms with Gasteiger partial charge in [0.2, 0.25) is 0 Å². The number of hydrogen-bond donors (Lipinski definition) is 3. The predicted octanol–water partition coefficient (Wildman–Crippen LogP) is 6.23. The van der Waals surface area contributed by atoms with E-state index in [2.05, 4.69) is 10.3 Å². The SMILES string of the molecule is Cc1nc2ccc(-c3cccc(/C=C/c4cc(CNC(C)(CO)C(=O)O)ccc4C(F)(F)F)c3C)cc2o1. The van der Waals surface area contributed by atoms with Gasteiger partial charge in [0, 0.05) is 13.5 Å². The second kappa shape index (κ2) is 10.4. The molecule has 0 radical (unpaired) electrons. The molecule has 0 aliphatic heterocycles. The number of aliphatic carboxylic acids is 1. The van der Waals surface area contributed by atoms with Crippen molar-refractivity contribution >= 4 is 29.2 Å². The Bertz CT molecular complexity index is 1520. The lowest BCUT2D eigenvalue weighted by Gasteiger charge is -2.24. The highest BCUT2D eigenvalue weighted by molar-refractivity contribution is 5.83. The number of nitrogens with zero attached hydrogens (tertiary/aromatic N) is 1. The molecule has 3 N–H and O–H groups in total. The van der Waals surface area contributed by atoms with Crippen LogP contribution < -0.4 is 5.32 Å². The summed E-state index contributed by atoms with van der Waals surface area (Å²) in [5.74, 6) is -0.701. The number of aryl methyl sites for hydroxylation is 1. The zero-order valence-corrected chi connectivity index (χ0v) is 21.1. The van der Waals surface area contributed by atoms with Gasteiger partial charge in [0.1, 0.15) is 11.1 Å². The molecule has 1 atom stereocenters. The summed E-state index contributed by atoms with van der Waals surface area (Å²) in [5.41, 5.74) is 2.80. The van der Waals surface area contributed by atoms with Crippen molar-refractivity contribution in [2.24, 2.45) is 0 Å². The fourth-order valence-electron chi connectivity index (χ4n) is 4.15. The number of aliphatic hydroxyl groups excluding tert-OH is 1. The first-order chi connectivity index (χ1) is 17.9. The minimum Gasteiger partial charge on any atom is -0.480 e. The van der Waals surface area contributed by atoms with Crippen LogP contribution in [0.3, 0.4) is 0 Å². The average molecular weight is 525 g/mol. The quantitative estimate of drug-likeness (QED) is 0.237. The summed E-state index contributed by atoms with van der Waals surface area (Å²) in [5, 5.41) is 21.4. The Balaban J connectivity index is 1.67. The second-order valence-electron chi connectivity index (χ2n) is 9.34. The van der Waals surface area contributed by atoms with Gasteiger partial charge < -0.3 is 14.6 Å². The Morgan fingerprint density at radius 2 is 1.79 bits per heavy atom. The fourth-order valence-corrected chi connectivity index (χ4v) is 4.15. The van der Waals surface area contributed by atoms with Gasteiger partial charge in [-0.25, -0.2) is 4.98 Å². The molecule has 198 valence electrons. The third-order valence-electron chi connectivity index (χ3n) is 6.52. The number of aromatic nitrogens is 1. The molecule has 1 unspecified atom stereocenters. The van der Waals surface area contributed by atoms with E-state index in [1.165, 1.54) is 25.1 Å². The van der Waals surface area contributed by atoms with E-state index in [9.17, 15) is 28.2 Å². The lowest BCUT2D eigenvalue weighted by molar-refractivity contribution is -0.146. The highest BCUT2D eigenvalue weighted by Crippen LogP contribution is 2.34. The number of carbonyl (C=O) groups is 1. The number of carboxylic acids is 1. The first-order valence-corrected chi connectivity index (χ1v) is 11.9. The molecule has 0 spiro atoms. The van der Waals surface area contributed by atoms with Crippen molar-refractivity contribution < 1.29 is 32.6 Å². The first-order valence-electron chi connectivity index (χ1n) is 11.9. The van der Waals surface area contributed by atoms with Crippen molar-refractivity contribution in [2.45, 2.75) is 39.0 Å². The third kappa shape index (κ3) is 5.64. The van der Waals surface area contributed by atoms with Gasteiger partial charge in [-0.05, 0) is 71.5 Å². The molecule has 0 saturated heterocycles. The van der Waals surface area contributed by atoms with Crippen LogP contribution in [-0.2, 0) is 17.5 Å². The molecule has 9 heteroatoms. The van der Waals surface area contributed by atoms with Crippen LogP contribution in [0.15, 0.2) is 59.0 Å². The maximum Gasteiger partial charge on any atom is 0.416 e. The molecule has 0 fully saturated rings. The molecular formula is C29H27F3N2O4. The largest absolute Gasteiger partial charge is 0.480 e. The van der Waals surface area contributed by atoms with Gasteiger partial charge in [-0.1, -0.05) is 42.5 Å². The van der Waals surface area contributed by atoms with Crippen molar-refractivity contribution in [1.29, 1.82) is 0 Å². The van der Waals surface area contributed by atoms with Gasteiger partial charge in [-0.3, -0.25) is 10.1 Å². The summed E-state index contributed by atoms with van der Waals surface area (Å²) in [6.07, 6.45) is -1.54. The number of nitrogens with one attached hydrogen (secondary N) is 1. The van der Waals surface area contributed by atoms with Gasteiger partial charge >= 0.3 is 12.1 Å². The maximum atomic E-state index is 13.8. The molecule has 4 rings (SSSR count). The molecule has 0 aliphatic rings. The Hall–Kier alpha value is -3.95. The highest BCUT2D eigenvalue weighted by Gasteiger charge is 2.34. The minimum atomic E-state index is -4.58. The molecule has 1 aromatic heterocycles. The van der Waals surface area contributed by atoms with E-state index < -0.39 is 29.9 Å². The molecule has 0 bridgehead atoms. The number of benzene rings is 3. The molecule has 6 nitrogen and oxygen atoms in total. The number of oxazole rings is 1. The lowest BCUT2D eigenvalue weighted by atomic mass is 9.95. The topological polar surface area (TPSA) is 95.6 Å². The number of fused-ring (bicyclic) bond motifs is 1. The Morgan fingerprint density at radius 1 is 1.05 bits per heavy atom. The van der Waals surface area contributed by atoms with E-state index >= 15 is 0 Å². The average Bonchev–Trinajstić information content (AvgIpc) is 3.25. The Morgan fingerprint density at radius 3 is 2.47 bits per heavy atom. The lowest BCUT2D eigenvalue weighted by Crippen LogP contribution is -2.52. The van der Waals surface area contributed by atoms with Crippen LogP contribution in [0.5, 0.6) is 0 Å². The smallest absolute Gasteiger partial charge is 0.416 e. The molecular weight excluding hydrogens is 497 g/mol. The van der Waals surface area contributed by atoms with Gasteiger partial charge in [-0.2, -0.15) is 13.2 Å². The summed E-state index contributed by atoms with van der Waals surface area (Å²) >= 11 is 0. The molecule has 1 heterocycles. The van der Waals surface area contributed by atoms with Gasteiger partial charge in [0.25, 0.3) is 0 Å². The normalized spacial score (nSPS) is 13.8. The van der Waals surface area contributed by atoms with Crippen LogP contribution in [0.4, 0.5) is 13.2 Å². The van der Waals surface area contributed by atoms with E-state index in [0.717, 1.165) is 33.8 Å². The summed E-state index contributed by atoms with van der Waals surface area (Å²) in [6, 6.07) is 14.9. The van der Waals surface area contributed by atoms with Crippen LogP contribution in [0.25, 0.3) is 34.4 Å². The van der Waals surface area contributed by atoms with Gasteiger partial charge in [0.15, 0.2) is 11.5 Å². The second-order valence-corrected chi connectivity index (χ2v) is 9.34. The van der Waals surface area contributed by atoms with Crippen LogP contribution in [0.2, 0.25) is 0 Å². The van der Waals surface area contributed by atoms with E-state index in [0.29, 0.717) is 17.0 Å². The van der Waals surface area contributed by atoms with E-state index in [1.54, 1.807) is 13.0 Å². The number of carboxylic acid groups (broad SMARTS) is 1. The van der Waals surface area contributed by atoms with Crippen LogP contribution in [0, 0.1) is 13.8 Å². The van der Waals surface area contributed by atoms with Crippen molar-refractivity contribution in [3.05, 3.63) is 88.3 Å². The third-order valence-corrected chi connectivity index (χ3v) is 6.52. The van der Waals surface area contributed by atoms with Gasteiger partial charge in [-0.15, -0.1) is 0 Å². The highest BCUT2D eigenvalue weighted by atomic mass is 19.4. The molecule has 0 saturated carbocycles. The summed E-state index contributed by atoms with van der Waals surface area (Å²) in [4.78, 5) is 15.7. The molecule has 0 aliphatic carbocycles. The molecule has 3 aromatic carbocycles. The summed E-state index contributed by atoms with van der Waals surface area (Å²) in [6.45, 7) is 4.26. The van der Waals surface area contributed by atoms with Crippen LogP contribution in [0.1, 0.15) is 40.6 Å². The zero-order chi connectivity index (χ0) is 27.7. The number of rotatable bonds is 8.